The molecule has 0 saturated carbocycles. The van der Waals surface area contributed by atoms with E-state index >= 15 is 0 Å². The normalized spacial score (nSPS) is 15.3. The molecule has 0 heterocycles. The first-order valence-electron chi connectivity index (χ1n) is 12.9. The fraction of sp³-hybridized carbons (Fsp3) is 0.682. The first kappa shape index (κ1) is 44.2. The second-order valence-electron chi connectivity index (χ2n) is 9.40. The number of phosphoric acid groups is 1. The van der Waals surface area contributed by atoms with Crippen LogP contribution in [0, 0.1) is 5.92 Å². The van der Waals surface area contributed by atoms with Gasteiger partial charge in [0.1, 0.15) is 18.1 Å². The Bertz CT molecular complexity index is 1130. The van der Waals surface area contributed by atoms with Crippen molar-refractivity contribution in [3.05, 3.63) is 0 Å². The number of halogens is 3. The Labute approximate surface area is 258 Å². The molecule has 0 spiro atoms. The van der Waals surface area contributed by atoms with Crippen molar-refractivity contribution in [3.63, 3.8) is 0 Å². The van der Waals surface area contributed by atoms with E-state index in [0.29, 0.717) is 6.42 Å². The second-order valence-corrected chi connectivity index (χ2v) is 10.6. The molecule has 0 aliphatic carbocycles. The van der Waals surface area contributed by atoms with Gasteiger partial charge in [-0.25, -0.2) is 14.2 Å². The van der Waals surface area contributed by atoms with Crippen LogP contribution in [0.2, 0.25) is 0 Å². The molecule has 24 heteroatoms. The number of aliphatic carboxylic acids is 3. The molecule has 12 N–H and O–H groups in total. The molecular weight excluding hydrogens is 662 g/mol. The van der Waals surface area contributed by atoms with Gasteiger partial charge in [0.2, 0.25) is 23.6 Å². The van der Waals surface area contributed by atoms with Crippen LogP contribution in [0.1, 0.15) is 40.0 Å². The molecule has 266 valence electrons. The van der Waals surface area contributed by atoms with Crippen LogP contribution in [-0.2, 0) is 42.7 Å². The van der Waals surface area contributed by atoms with Crippen molar-refractivity contribution < 1.29 is 86.0 Å². The number of aliphatic hydroxyl groups is 1. The van der Waals surface area contributed by atoms with Crippen LogP contribution < -0.4 is 27.0 Å². The Kier molecular flexibility index (Phi) is 19.5. The Hall–Kier alpha value is -3.89. The van der Waals surface area contributed by atoms with Gasteiger partial charge in [-0.05, 0) is 19.3 Å². The van der Waals surface area contributed by atoms with E-state index in [-0.39, 0.29) is 5.92 Å². The fourth-order valence-electron chi connectivity index (χ4n) is 2.84. The van der Waals surface area contributed by atoms with E-state index in [1.54, 1.807) is 13.8 Å². The summed E-state index contributed by atoms with van der Waals surface area (Å²) in [5.74, 6) is -10.1. The summed E-state index contributed by atoms with van der Waals surface area (Å²) in [5, 5.41) is 43.3. The highest BCUT2D eigenvalue weighted by Crippen LogP contribution is 2.35. The second kappa shape index (κ2) is 20.3. The van der Waals surface area contributed by atoms with E-state index in [4.69, 9.17) is 30.5 Å². The third-order valence-electron chi connectivity index (χ3n) is 5.61. The molecule has 0 radical (unpaired) electrons. The first-order chi connectivity index (χ1) is 20.8. The molecule has 6 atom stereocenters. The van der Waals surface area contributed by atoms with Gasteiger partial charge in [-0.1, -0.05) is 20.3 Å². The van der Waals surface area contributed by atoms with E-state index in [1.165, 1.54) is 0 Å². The van der Waals surface area contributed by atoms with Gasteiger partial charge in [0.25, 0.3) is 0 Å². The highest BCUT2D eigenvalue weighted by Gasteiger charge is 2.38. The largest absolute Gasteiger partial charge is 0.490 e. The molecule has 46 heavy (non-hydrogen) atoms. The van der Waals surface area contributed by atoms with Crippen molar-refractivity contribution in [1.82, 2.24) is 21.3 Å². The molecule has 4 amide bonds. The lowest BCUT2D eigenvalue weighted by molar-refractivity contribution is -0.192. The summed E-state index contributed by atoms with van der Waals surface area (Å²) in [7, 11) is -5.14. The number of nitrogens with one attached hydrogen (secondary N) is 4. The van der Waals surface area contributed by atoms with Crippen molar-refractivity contribution in [2.75, 3.05) is 13.2 Å². The van der Waals surface area contributed by atoms with E-state index in [0.717, 1.165) is 6.92 Å². The van der Waals surface area contributed by atoms with Gasteiger partial charge in [0, 0.05) is 6.42 Å². The topological polar surface area (TPSA) is 341 Å². The molecule has 0 aromatic carbocycles. The van der Waals surface area contributed by atoms with E-state index in [9.17, 15) is 56.7 Å². The van der Waals surface area contributed by atoms with Crippen molar-refractivity contribution in [1.29, 1.82) is 0 Å². The molecular formula is C22H37F3N5O15P. The van der Waals surface area contributed by atoms with E-state index in [2.05, 4.69) is 15.2 Å². The summed E-state index contributed by atoms with van der Waals surface area (Å²) >= 11 is 0. The molecule has 0 aliphatic heterocycles. The number of carboxylic acid groups (broad SMARTS) is 3. The fourth-order valence-corrected chi connectivity index (χ4v) is 3.19. The number of carboxylic acids is 3. The summed E-state index contributed by atoms with van der Waals surface area (Å²) in [6, 6.07) is -6.32. The minimum Gasteiger partial charge on any atom is -0.481 e. The number of rotatable bonds is 18. The highest BCUT2D eigenvalue weighted by molar-refractivity contribution is 7.46. The van der Waals surface area contributed by atoms with Gasteiger partial charge in [-0.2, -0.15) is 13.2 Å². The Morgan fingerprint density at radius 1 is 0.891 bits per heavy atom. The average Bonchev–Trinajstić information content (AvgIpc) is 2.92. The van der Waals surface area contributed by atoms with Gasteiger partial charge in [-0.15, -0.1) is 0 Å². The minimum atomic E-state index is -5.14. The molecule has 0 fully saturated rings. The van der Waals surface area contributed by atoms with Crippen LogP contribution in [0.15, 0.2) is 0 Å². The number of carbonyl (C=O) groups is 7. The quantitative estimate of drug-likeness (QED) is 0.0635. The van der Waals surface area contributed by atoms with Crippen LogP contribution in [-0.4, -0.2) is 121 Å². The standard InChI is InChI=1S/C20H36N5O13P.C2HF3O2/c1-4-9(2)15(21)18(31)22-7-13(27)23-12(8-38-39(35,36)37)17(30)25-16(10(3)26)19(32)24-11(20(33)34)5-6-14(28)29;3-2(4,5)1(6)7/h9-12,15-16,26H,4-8,21H2,1-3H3,(H,22,31)(H,23,27)(H,24,32)(H,25,30)(H,28,29)(H,33,34)(H2,35,36,37);(H,6,7)/t9-,10+,11-,12-,15-,16-;/m0./s1. The number of nitrogens with two attached hydrogens (primary N) is 1. The van der Waals surface area contributed by atoms with Gasteiger partial charge < -0.3 is 57.2 Å². The SMILES string of the molecule is CC[C@H](C)[C@H](N)C(=O)NCC(=O)N[C@@H](COP(=O)(O)O)C(=O)N[C@H](C(=O)N[C@@H](CCC(=O)O)C(=O)O)[C@@H](C)O.O=C(O)C(F)(F)F. The van der Waals surface area contributed by atoms with Crippen molar-refractivity contribution in [3.8, 4) is 0 Å². The van der Waals surface area contributed by atoms with Crippen molar-refractivity contribution in [2.24, 2.45) is 11.7 Å². The molecule has 0 saturated heterocycles. The van der Waals surface area contributed by atoms with E-state index < -0.39 is 112 Å². The summed E-state index contributed by atoms with van der Waals surface area (Å²) in [5.41, 5.74) is 5.76. The third kappa shape index (κ3) is 19.5. The predicted molar refractivity (Wildman–Crippen MR) is 144 cm³/mol. The predicted octanol–water partition coefficient (Wildman–Crippen LogP) is -3.00. The van der Waals surface area contributed by atoms with Gasteiger partial charge in [0.15, 0.2) is 0 Å². The number of phosphoric ester groups is 1. The van der Waals surface area contributed by atoms with Crippen LogP contribution in [0.5, 0.6) is 0 Å². The molecule has 0 aromatic heterocycles. The van der Waals surface area contributed by atoms with Crippen LogP contribution in [0.25, 0.3) is 0 Å². The average molecular weight is 700 g/mol. The smallest absolute Gasteiger partial charge is 0.481 e. The molecule has 0 rings (SSSR count). The number of amides is 4. The number of aliphatic hydroxyl groups excluding tert-OH is 1. The van der Waals surface area contributed by atoms with Gasteiger partial charge >= 0.3 is 31.9 Å². The number of hydrogen-bond acceptors (Lipinski definition) is 11. The van der Waals surface area contributed by atoms with Gasteiger partial charge in [-0.3, -0.25) is 28.5 Å². The Morgan fingerprint density at radius 3 is 1.80 bits per heavy atom. The number of carbonyl (C=O) groups excluding carboxylic acids is 4. The highest BCUT2D eigenvalue weighted by atomic mass is 31.2. The zero-order chi connectivity index (χ0) is 36.6. The van der Waals surface area contributed by atoms with E-state index in [1.807, 2.05) is 10.6 Å². The zero-order valence-corrected chi connectivity index (χ0v) is 25.4. The number of alkyl halides is 3. The maximum absolute atomic E-state index is 12.8. The summed E-state index contributed by atoms with van der Waals surface area (Å²) in [6.45, 7) is 2.77. The lowest BCUT2D eigenvalue weighted by atomic mass is 9.99. The van der Waals surface area contributed by atoms with Crippen LogP contribution in [0.3, 0.4) is 0 Å². The minimum absolute atomic E-state index is 0.211. The molecule has 0 aromatic rings. The molecule has 0 bridgehead atoms. The third-order valence-corrected chi connectivity index (χ3v) is 6.10. The maximum atomic E-state index is 12.8. The van der Waals surface area contributed by atoms with Crippen LogP contribution in [0.4, 0.5) is 13.2 Å². The lowest BCUT2D eigenvalue weighted by Crippen LogP contribution is -2.60. The molecule has 0 unspecified atom stereocenters. The lowest BCUT2D eigenvalue weighted by Gasteiger charge is -2.26. The van der Waals surface area contributed by atoms with Crippen molar-refractivity contribution in [2.45, 2.75) is 76.5 Å². The van der Waals surface area contributed by atoms with Crippen molar-refractivity contribution >= 4 is 49.4 Å². The molecule has 20 nitrogen and oxygen atoms in total. The summed E-state index contributed by atoms with van der Waals surface area (Å²) in [4.78, 5) is 98.6. The Balaban J connectivity index is 0. The summed E-state index contributed by atoms with van der Waals surface area (Å²) < 4.78 is 47.1. The maximum Gasteiger partial charge on any atom is 0.490 e. The molecule has 0 aliphatic rings. The zero-order valence-electron chi connectivity index (χ0n) is 24.5. The summed E-state index contributed by atoms with van der Waals surface area (Å²) in [6.07, 6.45) is -7.29. The Morgan fingerprint density at radius 2 is 1.41 bits per heavy atom. The first-order valence-corrected chi connectivity index (χ1v) is 14.4. The van der Waals surface area contributed by atoms with Crippen LogP contribution >= 0.6 is 7.82 Å². The monoisotopic (exact) mass is 699 g/mol. The number of hydrogen-bond donors (Lipinski definition) is 11. The van der Waals surface area contributed by atoms with Gasteiger partial charge in [0.05, 0.1) is 25.3 Å².